The topological polar surface area (TPSA) is 52.9 Å². The lowest BCUT2D eigenvalue weighted by Gasteiger charge is -2.08. The number of carbonyl (C=O) groups excluding carboxylic acids is 1. The molecule has 1 amide bonds. The molecule has 0 heterocycles. The summed E-state index contributed by atoms with van der Waals surface area (Å²) in [6.45, 7) is 1.90. The number of nitrogens with one attached hydrogen (secondary N) is 1. The summed E-state index contributed by atoms with van der Waals surface area (Å²) in [5.41, 5.74) is 1.69. The van der Waals surface area contributed by atoms with E-state index in [4.69, 9.17) is 5.26 Å². The van der Waals surface area contributed by atoms with Crippen molar-refractivity contribution in [2.45, 2.75) is 13.3 Å². The number of nitrogens with zero attached hydrogens (tertiary/aromatic N) is 1. The van der Waals surface area contributed by atoms with Crippen molar-refractivity contribution in [1.82, 2.24) is 0 Å². The molecule has 3 nitrogen and oxygen atoms in total. The second-order valence-corrected chi connectivity index (χ2v) is 3.67. The van der Waals surface area contributed by atoms with Crippen LogP contribution in [-0.2, 0) is 4.79 Å². The van der Waals surface area contributed by atoms with E-state index in [-0.39, 0.29) is 12.3 Å². The van der Waals surface area contributed by atoms with E-state index in [1.807, 2.05) is 25.1 Å². The number of para-hydroxylation sites is 1. The van der Waals surface area contributed by atoms with Gasteiger partial charge in [0.2, 0.25) is 5.91 Å². The average molecular weight is 253 g/mol. The minimum atomic E-state index is -0.289. The Kier molecular flexibility index (Phi) is 3.66. The van der Waals surface area contributed by atoms with Gasteiger partial charge >= 0.3 is 0 Å². The zero-order valence-corrected chi connectivity index (χ0v) is 9.26. The van der Waals surface area contributed by atoms with Crippen LogP contribution in [0, 0.1) is 18.3 Å². The van der Waals surface area contributed by atoms with Crippen LogP contribution in [0.25, 0.3) is 0 Å². The van der Waals surface area contributed by atoms with Gasteiger partial charge in [0.15, 0.2) is 0 Å². The lowest BCUT2D eigenvalue weighted by atomic mass is 10.2. The normalized spacial score (nSPS) is 9.21. The molecule has 0 atom stereocenters. The van der Waals surface area contributed by atoms with Crippen LogP contribution in [0.3, 0.4) is 0 Å². The number of nitriles is 1. The second-order valence-electron chi connectivity index (χ2n) is 2.81. The molecule has 0 bridgehead atoms. The van der Waals surface area contributed by atoms with Crippen LogP contribution >= 0.6 is 15.9 Å². The third kappa shape index (κ3) is 2.57. The number of rotatable bonds is 2. The summed E-state index contributed by atoms with van der Waals surface area (Å²) in [5.74, 6) is -0.289. The van der Waals surface area contributed by atoms with Crippen molar-refractivity contribution in [3.05, 3.63) is 28.2 Å². The summed E-state index contributed by atoms with van der Waals surface area (Å²) in [4.78, 5) is 11.2. The van der Waals surface area contributed by atoms with Gasteiger partial charge in [0, 0.05) is 4.47 Å². The smallest absolute Gasteiger partial charge is 0.238 e. The van der Waals surface area contributed by atoms with Crippen LogP contribution in [0.1, 0.15) is 12.0 Å². The van der Waals surface area contributed by atoms with Gasteiger partial charge in [-0.3, -0.25) is 4.79 Å². The standard InChI is InChI=1S/C10H9BrN2O/c1-7-3-2-4-8(11)10(7)13-9(14)5-6-12/h2-4H,5H2,1H3,(H,13,14). The molecule has 1 aromatic rings. The van der Waals surface area contributed by atoms with E-state index in [2.05, 4.69) is 21.2 Å². The maximum Gasteiger partial charge on any atom is 0.238 e. The fourth-order valence-electron chi connectivity index (χ4n) is 1.05. The number of hydrogen-bond acceptors (Lipinski definition) is 2. The molecular weight excluding hydrogens is 244 g/mol. The minimum absolute atomic E-state index is 0.124. The van der Waals surface area contributed by atoms with E-state index in [0.29, 0.717) is 0 Å². The third-order valence-corrected chi connectivity index (χ3v) is 2.39. The summed E-state index contributed by atoms with van der Waals surface area (Å²) in [7, 11) is 0. The second kappa shape index (κ2) is 4.77. The van der Waals surface area contributed by atoms with Crippen LogP contribution in [0.2, 0.25) is 0 Å². The molecule has 0 fully saturated rings. The van der Waals surface area contributed by atoms with Crippen molar-refractivity contribution in [2.24, 2.45) is 0 Å². The highest BCUT2D eigenvalue weighted by molar-refractivity contribution is 9.10. The van der Waals surface area contributed by atoms with Crippen LogP contribution < -0.4 is 5.32 Å². The zero-order chi connectivity index (χ0) is 10.6. The number of amides is 1. The Labute approximate surface area is 90.9 Å². The Bertz CT molecular complexity index is 375. The molecule has 1 aromatic carbocycles. The molecule has 0 unspecified atom stereocenters. The summed E-state index contributed by atoms with van der Waals surface area (Å²) in [6, 6.07) is 7.43. The average Bonchev–Trinajstić information content (AvgIpc) is 2.12. The van der Waals surface area contributed by atoms with Gasteiger partial charge in [-0.1, -0.05) is 12.1 Å². The highest BCUT2D eigenvalue weighted by atomic mass is 79.9. The van der Waals surface area contributed by atoms with Gasteiger partial charge in [-0.25, -0.2) is 0 Å². The molecule has 1 N–H and O–H groups in total. The Morgan fingerprint density at radius 2 is 2.36 bits per heavy atom. The van der Waals surface area contributed by atoms with Crippen LogP contribution in [0.5, 0.6) is 0 Å². The predicted molar refractivity (Wildman–Crippen MR) is 57.7 cm³/mol. The molecule has 1 rings (SSSR count). The molecule has 0 aliphatic carbocycles. The summed E-state index contributed by atoms with van der Waals surface area (Å²) in [6.07, 6.45) is -0.124. The molecule has 0 spiro atoms. The monoisotopic (exact) mass is 252 g/mol. The number of aryl methyl sites for hydroxylation is 1. The largest absolute Gasteiger partial charge is 0.324 e. The molecule has 14 heavy (non-hydrogen) atoms. The van der Waals surface area contributed by atoms with Crippen molar-refractivity contribution in [3.8, 4) is 6.07 Å². The Morgan fingerprint density at radius 3 is 2.93 bits per heavy atom. The van der Waals surface area contributed by atoms with Gasteiger partial charge in [-0.05, 0) is 34.5 Å². The Morgan fingerprint density at radius 1 is 1.64 bits per heavy atom. The third-order valence-electron chi connectivity index (χ3n) is 1.73. The van der Waals surface area contributed by atoms with Crippen LogP contribution in [0.4, 0.5) is 5.69 Å². The lowest BCUT2D eigenvalue weighted by molar-refractivity contribution is -0.115. The number of halogens is 1. The molecular formula is C10H9BrN2O. The first-order chi connectivity index (χ1) is 6.65. The van der Waals surface area contributed by atoms with E-state index in [1.54, 1.807) is 6.07 Å². The Hall–Kier alpha value is -1.34. The quantitative estimate of drug-likeness (QED) is 0.880. The van der Waals surface area contributed by atoms with Gasteiger partial charge in [-0.15, -0.1) is 0 Å². The number of carbonyl (C=O) groups is 1. The fraction of sp³-hybridized carbons (Fsp3) is 0.200. The molecule has 0 radical (unpaired) electrons. The van der Waals surface area contributed by atoms with E-state index < -0.39 is 0 Å². The lowest BCUT2D eigenvalue weighted by Crippen LogP contribution is -2.11. The fourth-order valence-corrected chi connectivity index (χ4v) is 1.61. The first-order valence-electron chi connectivity index (χ1n) is 4.07. The van der Waals surface area contributed by atoms with Crippen molar-refractivity contribution < 1.29 is 4.79 Å². The maximum atomic E-state index is 11.2. The molecule has 0 saturated carbocycles. The molecule has 0 aliphatic rings. The molecule has 4 heteroatoms. The van der Waals surface area contributed by atoms with Crippen molar-refractivity contribution >= 4 is 27.5 Å². The number of benzene rings is 1. The van der Waals surface area contributed by atoms with E-state index >= 15 is 0 Å². The minimum Gasteiger partial charge on any atom is -0.324 e. The van der Waals surface area contributed by atoms with Crippen molar-refractivity contribution in [2.75, 3.05) is 5.32 Å². The van der Waals surface area contributed by atoms with Crippen molar-refractivity contribution in [3.63, 3.8) is 0 Å². The maximum absolute atomic E-state index is 11.2. The van der Waals surface area contributed by atoms with E-state index in [0.717, 1.165) is 15.7 Å². The van der Waals surface area contributed by atoms with Crippen LogP contribution in [0.15, 0.2) is 22.7 Å². The molecule has 0 saturated heterocycles. The summed E-state index contributed by atoms with van der Waals surface area (Å²) in [5, 5.41) is 11.0. The SMILES string of the molecule is Cc1cccc(Br)c1NC(=O)CC#N. The van der Waals surface area contributed by atoms with E-state index in [1.165, 1.54) is 0 Å². The van der Waals surface area contributed by atoms with Crippen LogP contribution in [-0.4, -0.2) is 5.91 Å². The molecule has 0 aromatic heterocycles. The van der Waals surface area contributed by atoms with Gasteiger partial charge in [0.05, 0.1) is 11.8 Å². The first-order valence-corrected chi connectivity index (χ1v) is 4.86. The number of hydrogen-bond donors (Lipinski definition) is 1. The zero-order valence-electron chi connectivity index (χ0n) is 7.67. The van der Waals surface area contributed by atoms with Gasteiger partial charge in [-0.2, -0.15) is 5.26 Å². The van der Waals surface area contributed by atoms with Gasteiger partial charge in [0.25, 0.3) is 0 Å². The molecule has 0 aliphatic heterocycles. The molecule has 72 valence electrons. The summed E-state index contributed by atoms with van der Waals surface area (Å²) >= 11 is 3.33. The highest BCUT2D eigenvalue weighted by Crippen LogP contribution is 2.25. The van der Waals surface area contributed by atoms with Gasteiger partial charge < -0.3 is 5.32 Å². The van der Waals surface area contributed by atoms with Crippen molar-refractivity contribution in [1.29, 1.82) is 5.26 Å². The summed E-state index contributed by atoms with van der Waals surface area (Å²) < 4.78 is 0.823. The highest BCUT2D eigenvalue weighted by Gasteiger charge is 2.06. The van der Waals surface area contributed by atoms with Gasteiger partial charge in [0.1, 0.15) is 6.42 Å². The number of anilines is 1. The predicted octanol–water partition coefficient (Wildman–Crippen LogP) is 2.61. The first kappa shape index (κ1) is 10.7. The van der Waals surface area contributed by atoms with E-state index in [9.17, 15) is 4.79 Å². The Balaban J connectivity index is 2.87.